The minimum atomic E-state index is -3.52. The van der Waals surface area contributed by atoms with Crippen LogP contribution >= 0.6 is 0 Å². The fourth-order valence-electron chi connectivity index (χ4n) is 3.24. The highest BCUT2D eigenvalue weighted by atomic mass is 32.2. The van der Waals surface area contributed by atoms with Gasteiger partial charge in [0.25, 0.3) is 0 Å². The van der Waals surface area contributed by atoms with Gasteiger partial charge < -0.3 is 15.4 Å². The SMILES string of the molecule is CC(C)Oc1ccccc1N(CCNC(=O)NC1CCCCC1)S(C)(=O)=O. The predicted octanol–water partition coefficient (Wildman–Crippen LogP) is 2.87. The van der Waals surface area contributed by atoms with Crippen LogP contribution in [0.5, 0.6) is 5.75 Å². The molecule has 1 aromatic carbocycles. The van der Waals surface area contributed by atoms with Gasteiger partial charge in [0.05, 0.1) is 24.6 Å². The van der Waals surface area contributed by atoms with Crippen LogP contribution in [-0.4, -0.2) is 45.9 Å². The van der Waals surface area contributed by atoms with Crippen LogP contribution in [0.2, 0.25) is 0 Å². The molecular formula is C19H31N3O4S. The first-order chi connectivity index (χ1) is 12.8. The van der Waals surface area contributed by atoms with Crippen LogP contribution in [0.25, 0.3) is 0 Å². The Labute approximate surface area is 162 Å². The Kier molecular flexibility index (Phi) is 7.77. The average molecular weight is 398 g/mol. The van der Waals surface area contributed by atoms with Crippen molar-refractivity contribution in [1.29, 1.82) is 0 Å². The maximum atomic E-state index is 12.3. The van der Waals surface area contributed by atoms with E-state index in [2.05, 4.69) is 10.6 Å². The van der Waals surface area contributed by atoms with E-state index in [0.717, 1.165) is 31.9 Å². The first-order valence-electron chi connectivity index (χ1n) is 9.55. The fourth-order valence-corrected chi connectivity index (χ4v) is 4.17. The highest BCUT2D eigenvalue weighted by Gasteiger charge is 2.22. The monoisotopic (exact) mass is 397 g/mol. The van der Waals surface area contributed by atoms with Crippen molar-refractivity contribution in [2.45, 2.75) is 58.1 Å². The number of hydrogen-bond donors (Lipinski definition) is 2. The molecule has 8 heteroatoms. The number of nitrogens with zero attached hydrogens (tertiary/aromatic N) is 1. The summed E-state index contributed by atoms with van der Waals surface area (Å²) in [4.78, 5) is 12.1. The van der Waals surface area contributed by atoms with Gasteiger partial charge in [0.15, 0.2) is 0 Å². The largest absolute Gasteiger partial charge is 0.489 e. The number of rotatable bonds is 8. The summed E-state index contributed by atoms with van der Waals surface area (Å²) in [6.07, 6.45) is 6.58. The topological polar surface area (TPSA) is 87.7 Å². The summed E-state index contributed by atoms with van der Waals surface area (Å²) in [6.45, 7) is 4.12. The normalized spacial score (nSPS) is 15.4. The first-order valence-corrected chi connectivity index (χ1v) is 11.4. The molecule has 1 aliphatic rings. The van der Waals surface area contributed by atoms with E-state index in [9.17, 15) is 13.2 Å². The number of carbonyl (C=O) groups excluding carboxylic acids is 1. The maximum Gasteiger partial charge on any atom is 0.315 e. The average Bonchev–Trinajstić information content (AvgIpc) is 2.59. The number of amides is 2. The van der Waals surface area contributed by atoms with Crippen molar-refractivity contribution in [1.82, 2.24) is 10.6 Å². The quantitative estimate of drug-likeness (QED) is 0.706. The Hall–Kier alpha value is -1.96. The first kappa shape index (κ1) is 21.3. The summed E-state index contributed by atoms with van der Waals surface area (Å²) in [7, 11) is -3.52. The number of hydrogen-bond acceptors (Lipinski definition) is 4. The summed E-state index contributed by atoms with van der Waals surface area (Å²) in [5.74, 6) is 0.504. The van der Waals surface area contributed by atoms with Gasteiger partial charge in [-0.25, -0.2) is 13.2 Å². The van der Waals surface area contributed by atoms with Crippen molar-refractivity contribution in [3.8, 4) is 5.75 Å². The Bertz CT molecular complexity index is 715. The van der Waals surface area contributed by atoms with E-state index in [1.54, 1.807) is 24.3 Å². The van der Waals surface area contributed by atoms with E-state index in [4.69, 9.17) is 4.74 Å². The van der Waals surface area contributed by atoms with E-state index in [-0.39, 0.29) is 31.3 Å². The molecule has 0 atom stereocenters. The third-order valence-corrected chi connectivity index (χ3v) is 5.62. The molecule has 152 valence electrons. The Morgan fingerprint density at radius 2 is 1.89 bits per heavy atom. The zero-order valence-corrected chi connectivity index (χ0v) is 17.2. The van der Waals surface area contributed by atoms with E-state index in [1.807, 2.05) is 13.8 Å². The number of sulfonamides is 1. The summed E-state index contributed by atoms with van der Waals surface area (Å²) in [5, 5.41) is 5.73. The van der Waals surface area contributed by atoms with E-state index < -0.39 is 10.0 Å². The van der Waals surface area contributed by atoms with Gasteiger partial charge in [0.1, 0.15) is 5.75 Å². The molecular weight excluding hydrogens is 366 g/mol. The second-order valence-electron chi connectivity index (χ2n) is 7.20. The van der Waals surface area contributed by atoms with E-state index in [1.165, 1.54) is 10.7 Å². The van der Waals surface area contributed by atoms with Gasteiger partial charge in [-0.2, -0.15) is 0 Å². The van der Waals surface area contributed by atoms with Crippen molar-refractivity contribution in [2.75, 3.05) is 23.7 Å². The lowest BCUT2D eigenvalue weighted by Gasteiger charge is -2.26. The molecule has 0 radical (unpaired) electrons. The second-order valence-corrected chi connectivity index (χ2v) is 9.11. The summed E-state index contributed by atoms with van der Waals surface area (Å²) in [6, 6.07) is 6.99. The van der Waals surface area contributed by atoms with Gasteiger partial charge in [-0.15, -0.1) is 0 Å². The zero-order valence-electron chi connectivity index (χ0n) is 16.4. The molecule has 27 heavy (non-hydrogen) atoms. The number of benzene rings is 1. The molecule has 1 aliphatic carbocycles. The minimum absolute atomic E-state index is 0.0769. The van der Waals surface area contributed by atoms with Crippen LogP contribution in [0.3, 0.4) is 0 Å². The third-order valence-electron chi connectivity index (χ3n) is 4.44. The van der Waals surface area contributed by atoms with Gasteiger partial charge in [-0.05, 0) is 38.8 Å². The van der Waals surface area contributed by atoms with Crippen molar-refractivity contribution >= 4 is 21.7 Å². The van der Waals surface area contributed by atoms with Crippen LogP contribution in [0, 0.1) is 0 Å². The molecule has 2 N–H and O–H groups in total. The van der Waals surface area contributed by atoms with Gasteiger partial charge >= 0.3 is 6.03 Å². The van der Waals surface area contributed by atoms with Gasteiger partial charge in [-0.3, -0.25) is 4.31 Å². The van der Waals surface area contributed by atoms with Crippen molar-refractivity contribution < 1.29 is 17.9 Å². The standard InChI is InChI=1S/C19H31N3O4S/c1-15(2)26-18-12-8-7-11-17(18)22(27(3,24)25)14-13-20-19(23)21-16-9-5-4-6-10-16/h7-8,11-12,15-16H,4-6,9-10,13-14H2,1-3H3,(H2,20,21,23). The second kappa shape index (κ2) is 9.82. The molecule has 1 fully saturated rings. The molecule has 0 aromatic heterocycles. The van der Waals surface area contributed by atoms with Crippen LogP contribution in [0.4, 0.5) is 10.5 Å². The lowest BCUT2D eigenvalue weighted by atomic mass is 9.96. The zero-order chi connectivity index (χ0) is 19.9. The van der Waals surface area contributed by atoms with Gasteiger partial charge in [0.2, 0.25) is 10.0 Å². The molecule has 0 unspecified atom stereocenters. The number of ether oxygens (including phenoxy) is 1. The Balaban J connectivity index is 1.98. The highest BCUT2D eigenvalue weighted by Crippen LogP contribution is 2.30. The predicted molar refractivity (Wildman–Crippen MR) is 108 cm³/mol. The van der Waals surface area contributed by atoms with Crippen LogP contribution < -0.4 is 19.7 Å². The number of carbonyl (C=O) groups is 1. The molecule has 0 aliphatic heterocycles. The lowest BCUT2D eigenvalue weighted by molar-refractivity contribution is 0.233. The van der Waals surface area contributed by atoms with Crippen LogP contribution in [-0.2, 0) is 10.0 Å². The van der Waals surface area contributed by atoms with Crippen LogP contribution in [0.15, 0.2) is 24.3 Å². The molecule has 0 bridgehead atoms. The van der Waals surface area contributed by atoms with Crippen LogP contribution in [0.1, 0.15) is 46.0 Å². The fraction of sp³-hybridized carbons (Fsp3) is 0.632. The Morgan fingerprint density at radius 1 is 1.22 bits per heavy atom. The van der Waals surface area contributed by atoms with E-state index in [0.29, 0.717) is 11.4 Å². The molecule has 0 saturated heterocycles. The molecule has 7 nitrogen and oxygen atoms in total. The maximum absolute atomic E-state index is 12.3. The molecule has 1 saturated carbocycles. The molecule has 2 rings (SSSR count). The van der Waals surface area contributed by atoms with Crippen molar-refractivity contribution in [2.24, 2.45) is 0 Å². The number of anilines is 1. The number of para-hydroxylation sites is 2. The minimum Gasteiger partial charge on any atom is -0.489 e. The summed E-state index contributed by atoms with van der Waals surface area (Å²) in [5.41, 5.74) is 0.475. The smallest absolute Gasteiger partial charge is 0.315 e. The molecule has 0 spiro atoms. The third kappa shape index (κ3) is 6.93. The van der Waals surface area contributed by atoms with E-state index >= 15 is 0 Å². The lowest BCUT2D eigenvalue weighted by Crippen LogP contribution is -2.45. The number of nitrogens with one attached hydrogen (secondary N) is 2. The van der Waals surface area contributed by atoms with Gasteiger partial charge in [0, 0.05) is 12.6 Å². The van der Waals surface area contributed by atoms with Crippen molar-refractivity contribution in [3.63, 3.8) is 0 Å². The molecule has 2 amide bonds. The van der Waals surface area contributed by atoms with Gasteiger partial charge in [-0.1, -0.05) is 31.4 Å². The summed E-state index contributed by atoms with van der Waals surface area (Å²) >= 11 is 0. The molecule has 0 heterocycles. The Morgan fingerprint density at radius 3 is 2.52 bits per heavy atom. The number of urea groups is 1. The van der Waals surface area contributed by atoms with Crippen molar-refractivity contribution in [3.05, 3.63) is 24.3 Å². The summed E-state index contributed by atoms with van der Waals surface area (Å²) < 4.78 is 31.6. The molecule has 1 aromatic rings. The highest BCUT2D eigenvalue weighted by molar-refractivity contribution is 7.92.